The Morgan fingerprint density at radius 1 is 1.00 bits per heavy atom. The van der Waals surface area contributed by atoms with Crippen LogP contribution in [0, 0.1) is 6.92 Å². The second kappa shape index (κ2) is 6.30. The zero-order valence-corrected chi connectivity index (χ0v) is 12.4. The molecule has 0 amide bonds. The van der Waals surface area contributed by atoms with Gasteiger partial charge in [0.25, 0.3) is 5.89 Å². The molecule has 2 aromatic carbocycles. The van der Waals surface area contributed by atoms with Crippen LogP contribution in [0.3, 0.4) is 0 Å². The zero-order valence-electron chi connectivity index (χ0n) is 12.4. The van der Waals surface area contributed by atoms with Gasteiger partial charge in [0.1, 0.15) is 6.61 Å². The van der Waals surface area contributed by atoms with E-state index in [1.165, 1.54) is 0 Å². The summed E-state index contributed by atoms with van der Waals surface area (Å²) in [7, 11) is 1.60. The van der Waals surface area contributed by atoms with E-state index in [4.69, 9.17) is 13.9 Å². The number of ether oxygens (including phenoxy) is 2. The molecule has 3 aromatic rings. The van der Waals surface area contributed by atoms with Crippen LogP contribution in [0.25, 0.3) is 11.5 Å². The Labute approximate surface area is 128 Å². The average Bonchev–Trinajstić information content (AvgIpc) is 3.00. The standard InChI is InChI=1S/C17H16N2O3/c1-12-18-19-17(22-12)14-9-6-10-15(20-2)16(14)21-11-13-7-4-3-5-8-13/h3-10H,11H2,1-2H3. The Balaban J connectivity index is 1.94. The molecule has 0 atom stereocenters. The third kappa shape index (κ3) is 2.93. The molecule has 0 N–H and O–H groups in total. The van der Waals surface area contributed by atoms with Gasteiger partial charge < -0.3 is 13.9 Å². The minimum atomic E-state index is 0.416. The third-order valence-electron chi connectivity index (χ3n) is 3.18. The number of hydrogen-bond donors (Lipinski definition) is 0. The molecule has 1 heterocycles. The predicted molar refractivity (Wildman–Crippen MR) is 81.8 cm³/mol. The molecule has 0 radical (unpaired) electrons. The van der Waals surface area contributed by atoms with Gasteiger partial charge in [0.05, 0.1) is 12.7 Å². The number of para-hydroxylation sites is 1. The van der Waals surface area contributed by atoms with Gasteiger partial charge in [-0.3, -0.25) is 0 Å². The summed E-state index contributed by atoms with van der Waals surface area (Å²) in [5.41, 5.74) is 1.79. The second-order valence-corrected chi connectivity index (χ2v) is 4.74. The van der Waals surface area contributed by atoms with Crippen molar-refractivity contribution in [3.05, 3.63) is 60.0 Å². The smallest absolute Gasteiger partial charge is 0.251 e. The highest BCUT2D eigenvalue weighted by molar-refractivity contribution is 5.67. The summed E-state index contributed by atoms with van der Waals surface area (Å²) in [6, 6.07) is 15.5. The topological polar surface area (TPSA) is 57.4 Å². The molecule has 0 aliphatic carbocycles. The summed E-state index contributed by atoms with van der Waals surface area (Å²) in [5.74, 6) is 2.15. The largest absolute Gasteiger partial charge is 0.493 e. The summed E-state index contributed by atoms with van der Waals surface area (Å²) >= 11 is 0. The molecule has 0 saturated carbocycles. The number of benzene rings is 2. The highest BCUT2D eigenvalue weighted by Gasteiger charge is 2.17. The first-order chi connectivity index (χ1) is 10.8. The SMILES string of the molecule is COc1cccc(-c2nnc(C)o2)c1OCc1ccccc1. The fraction of sp³-hybridized carbons (Fsp3) is 0.176. The van der Waals surface area contributed by atoms with Crippen LogP contribution < -0.4 is 9.47 Å². The lowest BCUT2D eigenvalue weighted by atomic mass is 10.2. The second-order valence-electron chi connectivity index (χ2n) is 4.74. The molecule has 22 heavy (non-hydrogen) atoms. The normalized spacial score (nSPS) is 10.5. The van der Waals surface area contributed by atoms with E-state index in [1.54, 1.807) is 14.0 Å². The minimum absolute atomic E-state index is 0.416. The first-order valence-electron chi connectivity index (χ1n) is 6.92. The zero-order chi connectivity index (χ0) is 15.4. The maximum Gasteiger partial charge on any atom is 0.251 e. The van der Waals surface area contributed by atoms with Gasteiger partial charge in [-0.2, -0.15) is 0 Å². The first kappa shape index (κ1) is 14.1. The van der Waals surface area contributed by atoms with Crippen LogP contribution in [0.15, 0.2) is 52.9 Å². The molecule has 0 fully saturated rings. The summed E-state index contributed by atoms with van der Waals surface area (Å²) in [4.78, 5) is 0. The molecule has 0 bridgehead atoms. The molecule has 1 aromatic heterocycles. The monoisotopic (exact) mass is 296 g/mol. The van der Waals surface area contributed by atoms with Crippen molar-refractivity contribution < 1.29 is 13.9 Å². The van der Waals surface area contributed by atoms with Gasteiger partial charge in [-0.1, -0.05) is 36.4 Å². The Morgan fingerprint density at radius 3 is 2.50 bits per heavy atom. The van der Waals surface area contributed by atoms with Crippen LogP contribution >= 0.6 is 0 Å². The van der Waals surface area contributed by atoms with Gasteiger partial charge in [0.15, 0.2) is 11.5 Å². The van der Waals surface area contributed by atoms with Gasteiger partial charge in [-0.05, 0) is 17.7 Å². The van der Waals surface area contributed by atoms with Crippen molar-refractivity contribution in [3.63, 3.8) is 0 Å². The van der Waals surface area contributed by atoms with E-state index in [0.717, 1.165) is 11.1 Å². The lowest BCUT2D eigenvalue weighted by Crippen LogP contribution is -1.99. The van der Waals surface area contributed by atoms with Crippen molar-refractivity contribution in [3.8, 4) is 23.0 Å². The Bertz CT molecular complexity index is 754. The van der Waals surface area contributed by atoms with Crippen LogP contribution in [0.5, 0.6) is 11.5 Å². The number of rotatable bonds is 5. The van der Waals surface area contributed by atoms with Crippen molar-refractivity contribution in [2.45, 2.75) is 13.5 Å². The van der Waals surface area contributed by atoms with Gasteiger partial charge >= 0.3 is 0 Å². The maximum atomic E-state index is 5.96. The van der Waals surface area contributed by atoms with E-state index in [2.05, 4.69) is 10.2 Å². The van der Waals surface area contributed by atoms with Crippen molar-refractivity contribution >= 4 is 0 Å². The number of hydrogen-bond acceptors (Lipinski definition) is 5. The minimum Gasteiger partial charge on any atom is -0.493 e. The van der Waals surface area contributed by atoms with Crippen LogP contribution in [0.4, 0.5) is 0 Å². The van der Waals surface area contributed by atoms with Gasteiger partial charge in [0.2, 0.25) is 5.89 Å². The van der Waals surface area contributed by atoms with Crippen LogP contribution in [-0.4, -0.2) is 17.3 Å². The average molecular weight is 296 g/mol. The molecular weight excluding hydrogens is 280 g/mol. The van der Waals surface area contributed by atoms with Crippen molar-refractivity contribution in [1.82, 2.24) is 10.2 Å². The van der Waals surface area contributed by atoms with Crippen molar-refractivity contribution in [2.24, 2.45) is 0 Å². The van der Waals surface area contributed by atoms with Gasteiger partial charge in [-0.15, -0.1) is 10.2 Å². The number of aryl methyl sites for hydroxylation is 1. The molecule has 3 rings (SSSR count). The predicted octanol–water partition coefficient (Wildman–Crippen LogP) is 3.63. The molecule has 5 heteroatoms. The lowest BCUT2D eigenvalue weighted by Gasteiger charge is -2.13. The molecule has 112 valence electrons. The molecule has 0 aliphatic rings. The highest BCUT2D eigenvalue weighted by Crippen LogP contribution is 2.37. The van der Waals surface area contributed by atoms with E-state index in [9.17, 15) is 0 Å². The van der Waals surface area contributed by atoms with Crippen molar-refractivity contribution in [2.75, 3.05) is 7.11 Å². The molecular formula is C17H16N2O3. The first-order valence-corrected chi connectivity index (χ1v) is 6.92. The molecule has 0 saturated heterocycles. The summed E-state index contributed by atoms with van der Waals surface area (Å²) in [6.45, 7) is 2.18. The van der Waals surface area contributed by atoms with Crippen LogP contribution in [0.1, 0.15) is 11.5 Å². The van der Waals surface area contributed by atoms with E-state index < -0.39 is 0 Å². The number of nitrogens with zero attached hydrogens (tertiary/aromatic N) is 2. The Morgan fingerprint density at radius 2 is 1.82 bits per heavy atom. The van der Waals surface area contributed by atoms with Crippen LogP contribution in [0.2, 0.25) is 0 Å². The maximum absolute atomic E-state index is 5.96. The van der Waals surface area contributed by atoms with Gasteiger partial charge in [0, 0.05) is 6.92 Å². The fourth-order valence-corrected chi connectivity index (χ4v) is 2.13. The van der Waals surface area contributed by atoms with E-state index in [0.29, 0.717) is 29.9 Å². The molecule has 0 aliphatic heterocycles. The molecule has 0 unspecified atom stereocenters. The molecule has 0 spiro atoms. The summed E-state index contributed by atoms with van der Waals surface area (Å²) < 4.78 is 16.8. The third-order valence-corrected chi connectivity index (χ3v) is 3.18. The van der Waals surface area contributed by atoms with Crippen molar-refractivity contribution in [1.29, 1.82) is 0 Å². The Kier molecular flexibility index (Phi) is 4.05. The van der Waals surface area contributed by atoms with E-state index >= 15 is 0 Å². The quantitative estimate of drug-likeness (QED) is 0.719. The fourth-order valence-electron chi connectivity index (χ4n) is 2.13. The Hall–Kier alpha value is -2.82. The van der Waals surface area contributed by atoms with Crippen LogP contribution in [-0.2, 0) is 6.61 Å². The lowest BCUT2D eigenvalue weighted by molar-refractivity contribution is 0.285. The van der Waals surface area contributed by atoms with E-state index in [-0.39, 0.29) is 0 Å². The molecule has 5 nitrogen and oxygen atoms in total. The summed E-state index contributed by atoms with van der Waals surface area (Å²) in [6.07, 6.45) is 0. The number of aromatic nitrogens is 2. The highest BCUT2D eigenvalue weighted by atomic mass is 16.5. The van der Waals surface area contributed by atoms with E-state index in [1.807, 2.05) is 48.5 Å². The van der Waals surface area contributed by atoms with Gasteiger partial charge in [-0.25, -0.2) is 0 Å². The number of methoxy groups -OCH3 is 1. The summed E-state index contributed by atoms with van der Waals surface area (Å²) in [5, 5.41) is 7.92.